The Hall–Kier alpha value is -3.43. The van der Waals surface area contributed by atoms with E-state index in [-0.39, 0.29) is 11.2 Å². The van der Waals surface area contributed by atoms with Gasteiger partial charge in [0, 0.05) is 45.3 Å². The number of rotatable bonds is 4. The maximum Gasteiger partial charge on any atom is 0.291 e. The van der Waals surface area contributed by atoms with Gasteiger partial charge in [-0.3, -0.25) is 9.59 Å². The second-order valence-electron chi connectivity index (χ2n) is 8.61. The van der Waals surface area contributed by atoms with Crippen LogP contribution in [0.3, 0.4) is 0 Å². The molecule has 178 valence electrons. The molecule has 2 aliphatic rings. The number of amides is 1. The molecule has 34 heavy (non-hydrogen) atoms. The van der Waals surface area contributed by atoms with Crippen molar-refractivity contribution in [2.75, 3.05) is 74.6 Å². The normalized spacial score (nSPS) is 17.2. The number of benzene rings is 2. The number of carbonyl (C=O) groups is 1. The Morgan fingerprint density at radius 3 is 2.47 bits per heavy atom. The van der Waals surface area contributed by atoms with Crippen molar-refractivity contribution in [1.82, 2.24) is 4.90 Å². The summed E-state index contributed by atoms with van der Waals surface area (Å²) in [4.78, 5) is 32.3. The molecule has 0 aliphatic carbocycles. The number of nitrogens with one attached hydrogen (secondary N) is 1. The zero-order valence-corrected chi connectivity index (χ0v) is 19.1. The van der Waals surface area contributed by atoms with Gasteiger partial charge < -0.3 is 29.2 Å². The van der Waals surface area contributed by atoms with Crippen LogP contribution in [0.2, 0.25) is 0 Å². The molecule has 1 N–H and O–H groups in total. The minimum Gasteiger partial charge on any atom is -0.448 e. The number of para-hydroxylation sites is 2. The number of halogens is 1. The molecule has 0 radical (unpaired) electrons. The third kappa shape index (κ3) is 4.36. The van der Waals surface area contributed by atoms with Crippen LogP contribution in [0.4, 0.5) is 21.5 Å². The number of likely N-dealkylation sites (N-methyl/N-ethyl adjacent to an activating group) is 1. The van der Waals surface area contributed by atoms with Crippen LogP contribution in [0.15, 0.2) is 51.7 Å². The summed E-state index contributed by atoms with van der Waals surface area (Å²) in [5.74, 6) is -1.15. The maximum absolute atomic E-state index is 14.7. The molecule has 0 atom stereocenters. The van der Waals surface area contributed by atoms with E-state index < -0.39 is 11.7 Å². The first-order chi connectivity index (χ1) is 16.5. The van der Waals surface area contributed by atoms with Gasteiger partial charge in [0.2, 0.25) is 0 Å². The average Bonchev–Trinajstić information content (AvgIpc) is 2.85. The zero-order valence-electron chi connectivity index (χ0n) is 19.1. The molecule has 0 bridgehead atoms. The molecule has 9 heteroatoms. The van der Waals surface area contributed by atoms with Gasteiger partial charge in [-0.05, 0) is 31.3 Å². The Balaban J connectivity index is 1.48. The lowest BCUT2D eigenvalue weighted by atomic mass is 10.1. The molecule has 2 saturated heterocycles. The summed E-state index contributed by atoms with van der Waals surface area (Å²) >= 11 is 0. The lowest BCUT2D eigenvalue weighted by molar-refractivity contribution is 0.0997. The standard InChI is InChI=1S/C25H27FN4O4/c1-28-8-10-29(11-9-28)20-7-2-4-17-21(31)16-22(34-24(17)20)25(32)27-19-6-3-5-18(26)23(19)30-12-14-33-15-13-30/h2-7,16H,8-15H2,1H3,(H,27,32). The molecular formula is C25H27FN4O4. The SMILES string of the molecule is CN1CCN(c2cccc3c(=O)cc(C(=O)Nc4cccc(F)c4N4CCOCC4)oc23)CC1. The molecule has 2 aromatic carbocycles. The molecule has 2 fully saturated rings. The van der Waals surface area contributed by atoms with Gasteiger partial charge in [-0.1, -0.05) is 12.1 Å². The number of hydrogen-bond acceptors (Lipinski definition) is 7. The Labute approximate surface area is 196 Å². The lowest BCUT2D eigenvalue weighted by Gasteiger charge is -2.34. The van der Waals surface area contributed by atoms with Crippen LogP contribution < -0.4 is 20.5 Å². The number of fused-ring (bicyclic) bond motifs is 1. The van der Waals surface area contributed by atoms with E-state index in [0.717, 1.165) is 31.9 Å². The van der Waals surface area contributed by atoms with E-state index in [2.05, 4.69) is 22.2 Å². The number of anilines is 3. The molecule has 3 aromatic rings. The minimum atomic E-state index is -0.604. The summed E-state index contributed by atoms with van der Waals surface area (Å²) in [5.41, 5.74) is 1.51. The second kappa shape index (κ2) is 9.44. The molecule has 5 rings (SSSR count). The molecule has 3 heterocycles. The highest BCUT2D eigenvalue weighted by Crippen LogP contribution is 2.31. The highest BCUT2D eigenvalue weighted by atomic mass is 19.1. The lowest BCUT2D eigenvalue weighted by Crippen LogP contribution is -2.44. The summed E-state index contributed by atoms with van der Waals surface area (Å²) < 4.78 is 26.1. The molecule has 0 unspecified atom stereocenters. The maximum atomic E-state index is 14.7. The predicted octanol–water partition coefficient (Wildman–Crippen LogP) is 2.77. The molecular weight excluding hydrogens is 439 g/mol. The third-order valence-corrected chi connectivity index (χ3v) is 6.36. The highest BCUT2D eigenvalue weighted by Gasteiger charge is 2.23. The van der Waals surface area contributed by atoms with E-state index in [9.17, 15) is 14.0 Å². The van der Waals surface area contributed by atoms with Crippen molar-refractivity contribution in [3.05, 3.63) is 64.3 Å². The van der Waals surface area contributed by atoms with E-state index in [1.807, 2.05) is 17.0 Å². The van der Waals surface area contributed by atoms with E-state index in [4.69, 9.17) is 9.15 Å². The highest BCUT2D eigenvalue weighted by molar-refractivity contribution is 6.05. The van der Waals surface area contributed by atoms with Gasteiger partial charge in [-0.2, -0.15) is 0 Å². The summed E-state index contributed by atoms with van der Waals surface area (Å²) in [5, 5.41) is 3.17. The monoisotopic (exact) mass is 466 g/mol. The van der Waals surface area contributed by atoms with Gasteiger partial charge in [0.25, 0.3) is 5.91 Å². The van der Waals surface area contributed by atoms with E-state index in [1.54, 1.807) is 12.1 Å². The number of piperazine rings is 1. The fourth-order valence-electron chi connectivity index (χ4n) is 4.48. The van der Waals surface area contributed by atoms with Crippen LogP contribution in [0.25, 0.3) is 11.0 Å². The Kier molecular flexibility index (Phi) is 6.21. The second-order valence-corrected chi connectivity index (χ2v) is 8.61. The quantitative estimate of drug-likeness (QED) is 0.634. The van der Waals surface area contributed by atoms with Gasteiger partial charge in [-0.15, -0.1) is 0 Å². The number of morpholine rings is 1. The van der Waals surface area contributed by atoms with Crippen molar-refractivity contribution < 1.29 is 18.3 Å². The number of carbonyl (C=O) groups excluding carboxylic acids is 1. The first-order valence-electron chi connectivity index (χ1n) is 11.4. The van der Waals surface area contributed by atoms with Crippen LogP contribution in [0, 0.1) is 5.82 Å². The van der Waals surface area contributed by atoms with Gasteiger partial charge in [0.1, 0.15) is 5.82 Å². The van der Waals surface area contributed by atoms with Gasteiger partial charge in [0.15, 0.2) is 16.8 Å². The van der Waals surface area contributed by atoms with E-state index >= 15 is 0 Å². The molecule has 8 nitrogen and oxygen atoms in total. The Morgan fingerprint density at radius 2 is 1.71 bits per heavy atom. The molecule has 0 spiro atoms. The predicted molar refractivity (Wildman–Crippen MR) is 130 cm³/mol. The van der Waals surface area contributed by atoms with Crippen molar-refractivity contribution in [1.29, 1.82) is 0 Å². The van der Waals surface area contributed by atoms with Crippen molar-refractivity contribution >= 4 is 33.9 Å². The molecule has 1 amide bonds. The number of ether oxygens (including phenoxy) is 1. The summed E-state index contributed by atoms with van der Waals surface area (Å²) in [7, 11) is 2.07. The number of hydrogen-bond donors (Lipinski definition) is 1. The van der Waals surface area contributed by atoms with Crippen LogP contribution in [0.5, 0.6) is 0 Å². The Morgan fingerprint density at radius 1 is 0.971 bits per heavy atom. The van der Waals surface area contributed by atoms with Crippen molar-refractivity contribution in [2.45, 2.75) is 0 Å². The van der Waals surface area contributed by atoms with Gasteiger partial charge in [-0.25, -0.2) is 4.39 Å². The number of nitrogens with zero attached hydrogens (tertiary/aromatic N) is 3. The fourth-order valence-corrected chi connectivity index (χ4v) is 4.48. The largest absolute Gasteiger partial charge is 0.448 e. The van der Waals surface area contributed by atoms with Gasteiger partial charge >= 0.3 is 0 Å². The van der Waals surface area contributed by atoms with E-state index in [0.29, 0.717) is 48.6 Å². The summed E-state index contributed by atoms with van der Waals surface area (Å²) in [6.07, 6.45) is 0. The summed E-state index contributed by atoms with van der Waals surface area (Å²) in [6.45, 7) is 5.37. The average molecular weight is 467 g/mol. The van der Waals surface area contributed by atoms with Crippen molar-refractivity contribution in [3.63, 3.8) is 0 Å². The molecule has 2 aliphatic heterocycles. The summed E-state index contributed by atoms with van der Waals surface area (Å²) in [6, 6.07) is 11.2. The zero-order chi connectivity index (χ0) is 23.7. The fraction of sp³-hybridized carbons (Fsp3) is 0.360. The Bertz CT molecular complexity index is 1260. The molecule has 0 saturated carbocycles. The van der Waals surface area contributed by atoms with Crippen LogP contribution in [-0.2, 0) is 4.74 Å². The van der Waals surface area contributed by atoms with Crippen molar-refractivity contribution in [3.8, 4) is 0 Å². The topological polar surface area (TPSA) is 78.3 Å². The van der Waals surface area contributed by atoms with Gasteiger partial charge in [0.05, 0.1) is 35.7 Å². The van der Waals surface area contributed by atoms with Crippen LogP contribution in [-0.4, -0.2) is 70.3 Å². The third-order valence-electron chi connectivity index (χ3n) is 6.36. The minimum absolute atomic E-state index is 0.115. The van der Waals surface area contributed by atoms with Crippen LogP contribution in [0.1, 0.15) is 10.6 Å². The van der Waals surface area contributed by atoms with E-state index in [1.165, 1.54) is 18.2 Å². The van der Waals surface area contributed by atoms with Crippen LogP contribution >= 0.6 is 0 Å². The smallest absolute Gasteiger partial charge is 0.291 e. The first-order valence-corrected chi connectivity index (χ1v) is 11.4. The van der Waals surface area contributed by atoms with Crippen molar-refractivity contribution in [2.24, 2.45) is 0 Å². The molecule has 1 aromatic heterocycles. The first kappa shape index (κ1) is 22.4.